The summed E-state index contributed by atoms with van der Waals surface area (Å²) in [5, 5.41) is 9.10. The standard InChI is InChI=1S/C16H19NO4.C2H6/c1-9(2)8-17-14(6-10(3)18)13-7-11(16(20)21)4-5-12(13)15(17)19;1-2/h4-5,7,9,14H,6,8H2,1-3H3,(H,20,21);1-2H3. The summed E-state index contributed by atoms with van der Waals surface area (Å²) in [5.74, 6) is -0.900. The number of rotatable bonds is 5. The van der Waals surface area contributed by atoms with Crippen molar-refractivity contribution in [3.8, 4) is 0 Å². The predicted molar refractivity (Wildman–Crippen MR) is 88.7 cm³/mol. The number of hydrogen-bond acceptors (Lipinski definition) is 3. The van der Waals surface area contributed by atoms with Crippen LogP contribution in [0.15, 0.2) is 18.2 Å². The lowest BCUT2D eigenvalue weighted by molar-refractivity contribution is -0.118. The van der Waals surface area contributed by atoms with E-state index in [9.17, 15) is 14.4 Å². The number of aromatic carboxylic acids is 1. The molecule has 5 nitrogen and oxygen atoms in total. The lowest BCUT2D eigenvalue weighted by Gasteiger charge is -2.26. The van der Waals surface area contributed by atoms with Crippen LogP contribution in [0, 0.1) is 5.92 Å². The molecule has 1 N–H and O–H groups in total. The van der Waals surface area contributed by atoms with Gasteiger partial charge in [0.15, 0.2) is 0 Å². The van der Waals surface area contributed by atoms with Gasteiger partial charge >= 0.3 is 5.97 Å². The van der Waals surface area contributed by atoms with E-state index in [0.717, 1.165) is 0 Å². The molecule has 0 radical (unpaired) electrons. The van der Waals surface area contributed by atoms with E-state index in [2.05, 4.69) is 0 Å². The molecule has 0 aromatic heterocycles. The molecule has 0 spiro atoms. The van der Waals surface area contributed by atoms with Crippen molar-refractivity contribution in [3.63, 3.8) is 0 Å². The summed E-state index contributed by atoms with van der Waals surface area (Å²) < 4.78 is 0. The van der Waals surface area contributed by atoms with Crippen LogP contribution in [0.3, 0.4) is 0 Å². The molecule has 1 aromatic carbocycles. The van der Waals surface area contributed by atoms with E-state index in [1.807, 2.05) is 27.7 Å². The Kier molecular flexibility index (Phi) is 6.49. The van der Waals surface area contributed by atoms with Gasteiger partial charge in [0.05, 0.1) is 11.6 Å². The first kappa shape index (κ1) is 18.9. The van der Waals surface area contributed by atoms with E-state index in [1.165, 1.54) is 19.1 Å². The molecule has 0 saturated carbocycles. The highest BCUT2D eigenvalue weighted by atomic mass is 16.4. The van der Waals surface area contributed by atoms with E-state index in [1.54, 1.807) is 11.0 Å². The largest absolute Gasteiger partial charge is 0.478 e. The SMILES string of the molecule is CC.CC(=O)CC1c2cc(C(=O)O)ccc2C(=O)N1CC(C)C. The van der Waals surface area contributed by atoms with Gasteiger partial charge in [-0.1, -0.05) is 27.7 Å². The second-order valence-corrected chi connectivity index (χ2v) is 5.88. The van der Waals surface area contributed by atoms with Crippen molar-refractivity contribution in [2.24, 2.45) is 5.92 Å². The molecule has 0 fully saturated rings. The maximum atomic E-state index is 12.5. The number of carbonyl (C=O) groups excluding carboxylic acids is 2. The normalized spacial score (nSPS) is 16.0. The number of amides is 1. The number of carbonyl (C=O) groups is 3. The summed E-state index contributed by atoms with van der Waals surface area (Å²) in [7, 11) is 0. The van der Waals surface area contributed by atoms with Crippen LogP contribution in [-0.4, -0.2) is 34.2 Å². The maximum Gasteiger partial charge on any atom is 0.335 e. The Morgan fingerprint density at radius 1 is 1.26 bits per heavy atom. The molecule has 1 aromatic rings. The van der Waals surface area contributed by atoms with Gasteiger partial charge in [0.1, 0.15) is 5.78 Å². The number of fused-ring (bicyclic) bond motifs is 1. The smallest absolute Gasteiger partial charge is 0.335 e. The molecule has 2 rings (SSSR count). The summed E-state index contributed by atoms with van der Waals surface area (Å²) in [6, 6.07) is 4.15. The monoisotopic (exact) mass is 319 g/mol. The third-order valence-corrected chi connectivity index (χ3v) is 3.57. The summed E-state index contributed by atoms with van der Waals surface area (Å²) in [6.07, 6.45) is 0.217. The molecule has 1 atom stereocenters. The molecule has 5 heteroatoms. The minimum Gasteiger partial charge on any atom is -0.478 e. The number of carboxylic acid groups (broad SMARTS) is 1. The topological polar surface area (TPSA) is 74.7 Å². The first-order valence-electron chi connectivity index (χ1n) is 7.99. The summed E-state index contributed by atoms with van der Waals surface area (Å²) in [4.78, 5) is 36.8. The number of carboxylic acids is 1. The quantitative estimate of drug-likeness (QED) is 0.900. The Balaban J connectivity index is 0.00000127. The Labute approximate surface area is 137 Å². The number of Topliss-reactive ketones (excluding diaryl/α,β-unsaturated/α-hetero) is 1. The zero-order valence-electron chi connectivity index (χ0n) is 14.4. The van der Waals surface area contributed by atoms with E-state index in [-0.39, 0.29) is 35.6 Å². The fourth-order valence-corrected chi connectivity index (χ4v) is 2.73. The van der Waals surface area contributed by atoms with Gasteiger partial charge in [0.25, 0.3) is 5.91 Å². The van der Waals surface area contributed by atoms with E-state index in [4.69, 9.17) is 5.11 Å². The van der Waals surface area contributed by atoms with Crippen LogP contribution in [0.2, 0.25) is 0 Å². The lowest BCUT2D eigenvalue weighted by Crippen LogP contribution is -2.32. The minimum atomic E-state index is -1.03. The van der Waals surface area contributed by atoms with Crippen LogP contribution in [0.4, 0.5) is 0 Å². The van der Waals surface area contributed by atoms with Crippen LogP contribution in [-0.2, 0) is 4.79 Å². The highest BCUT2D eigenvalue weighted by Gasteiger charge is 2.37. The molecular weight excluding hydrogens is 294 g/mol. The second-order valence-electron chi connectivity index (χ2n) is 5.88. The Morgan fingerprint density at radius 3 is 2.35 bits per heavy atom. The molecule has 1 amide bonds. The zero-order chi connectivity index (χ0) is 17.7. The molecule has 126 valence electrons. The van der Waals surface area contributed by atoms with Gasteiger partial charge in [-0.25, -0.2) is 4.79 Å². The minimum absolute atomic E-state index is 0.0184. The molecule has 1 aliphatic rings. The van der Waals surface area contributed by atoms with Gasteiger partial charge in [0, 0.05) is 18.5 Å². The van der Waals surface area contributed by atoms with Crippen LogP contribution >= 0.6 is 0 Å². The molecular formula is C18H25NO4. The Morgan fingerprint density at radius 2 is 1.87 bits per heavy atom. The molecule has 0 bridgehead atoms. The van der Waals surface area contributed by atoms with Gasteiger partial charge in [0.2, 0.25) is 0 Å². The number of ketones is 1. The average Bonchev–Trinajstić information content (AvgIpc) is 2.73. The van der Waals surface area contributed by atoms with E-state index >= 15 is 0 Å². The third kappa shape index (κ3) is 4.18. The summed E-state index contributed by atoms with van der Waals surface area (Å²) >= 11 is 0. The molecule has 1 heterocycles. The number of hydrogen-bond donors (Lipinski definition) is 1. The fraction of sp³-hybridized carbons (Fsp3) is 0.500. The molecule has 23 heavy (non-hydrogen) atoms. The number of benzene rings is 1. The van der Waals surface area contributed by atoms with Gasteiger partial charge in [-0.15, -0.1) is 0 Å². The highest BCUT2D eigenvalue weighted by molar-refractivity contribution is 6.01. The second kappa shape index (κ2) is 7.90. The van der Waals surface area contributed by atoms with Crippen molar-refractivity contribution >= 4 is 17.7 Å². The van der Waals surface area contributed by atoms with Gasteiger partial charge in [-0.2, -0.15) is 0 Å². The summed E-state index contributed by atoms with van der Waals surface area (Å²) in [6.45, 7) is 10.0. The molecule has 0 aliphatic carbocycles. The zero-order valence-corrected chi connectivity index (χ0v) is 14.4. The highest BCUT2D eigenvalue weighted by Crippen LogP contribution is 2.37. The van der Waals surface area contributed by atoms with E-state index in [0.29, 0.717) is 17.7 Å². The van der Waals surface area contributed by atoms with Gasteiger partial charge < -0.3 is 10.0 Å². The van der Waals surface area contributed by atoms with Crippen LogP contribution in [0.25, 0.3) is 0 Å². The molecule has 1 aliphatic heterocycles. The van der Waals surface area contributed by atoms with Crippen molar-refractivity contribution in [2.75, 3.05) is 6.54 Å². The first-order chi connectivity index (χ1) is 10.8. The molecule has 1 unspecified atom stereocenters. The predicted octanol–water partition coefficient (Wildman–Crippen LogP) is 3.54. The average molecular weight is 319 g/mol. The molecule has 0 saturated heterocycles. The Hall–Kier alpha value is -2.17. The van der Waals surface area contributed by atoms with Crippen LogP contribution in [0.1, 0.15) is 73.4 Å². The van der Waals surface area contributed by atoms with Crippen molar-refractivity contribution < 1.29 is 19.5 Å². The lowest BCUT2D eigenvalue weighted by atomic mass is 9.98. The number of nitrogens with zero attached hydrogens (tertiary/aromatic N) is 1. The van der Waals surface area contributed by atoms with Crippen LogP contribution in [0.5, 0.6) is 0 Å². The van der Waals surface area contributed by atoms with Crippen molar-refractivity contribution in [1.82, 2.24) is 4.90 Å². The van der Waals surface area contributed by atoms with Gasteiger partial charge in [-0.3, -0.25) is 9.59 Å². The van der Waals surface area contributed by atoms with E-state index < -0.39 is 5.97 Å². The van der Waals surface area contributed by atoms with Crippen LogP contribution < -0.4 is 0 Å². The van der Waals surface area contributed by atoms with Crippen molar-refractivity contribution in [2.45, 2.75) is 47.1 Å². The fourth-order valence-electron chi connectivity index (χ4n) is 2.73. The van der Waals surface area contributed by atoms with Gasteiger partial charge in [-0.05, 0) is 36.6 Å². The van der Waals surface area contributed by atoms with Crippen molar-refractivity contribution in [3.05, 3.63) is 34.9 Å². The maximum absolute atomic E-state index is 12.5. The first-order valence-corrected chi connectivity index (χ1v) is 7.99. The third-order valence-electron chi connectivity index (χ3n) is 3.57. The van der Waals surface area contributed by atoms with Crippen molar-refractivity contribution in [1.29, 1.82) is 0 Å². The summed E-state index contributed by atoms with van der Waals surface area (Å²) in [5.41, 5.74) is 1.30. The Bertz CT molecular complexity index is 607.